The minimum Gasteiger partial charge on any atom is -0.484 e. The van der Waals surface area contributed by atoms with Gasteiger partial charge in [0.2, 0.25) is 0 Å². The number of anilines is 1. The Kier molecular flexibility index (Phi) is 6.24. The average molecular weight is 390 g/mol. The van der Waals surface area contributed by atoms with Gasteiger partial charge in [-0.05, 0) is 48.7 Å². The van der Waals surface area contributed by atoms with Gasteiger partial charge in [0.15, 0.2) is 6.61 Å². The molecular formula is C23H22N2O4. The summed E-state index contributed by atoms with van der Waals surface area (Å²) in [5.74, 6) is 0.327. The predicted octanol–water partition coefficient (Wildman–Crippen LogP) is 4.82. The van der Waals surface area contributed by atoms with Crippen molar-refractivity contribution >= 4 is 17.3 Å². The van der Waals surface area contributed by atoms with E-state index in [2.05, 4.69) is 0 Å². The molecule has 0 aliphatic rings. The number of ether oxygens (including phenoxy) is 1. The van der Waals surface area contributed by atoms with Gasteiger partial charge >= 0.3 is 0 Å². The summed E-state index contributed by atoms with van der Waals surface area (Å²) in [5.41, 5.74) is 3.53. The van der Waals surface area contributed by atoms with Gasteiger partial charge in [0.25, 0.3) is 11.6 Å². The van der Waals surface area contributed by atoms with E-state index in [-0.39, 0.29) is 24.7 Å². The molecule has 0 heterocycles. The van der Waals surface area contributed by atoms with Gasteiger partial charge in [-0.1, -0.05) is 42.5 Å². The standard InChI is InChI=1S/C23H22N2O4/c1-17-11-12-22(13-18(17)2)29-16-23(26)24(15-19-7-4-3-5-8-19)20-9-6-10-21(14-20)25(27)28/h3-14H,15-16H2,1-2H3. The highest BCUT2D eigenvalue weighted by Crippen LogP contribution is 2.24. The van der Waals surface area contributed by atoms with Crippen LogP contribution >= 0.6 is 0 Å². The molecule has 0 spiro atoms. The zero-order chi connectivity index (χ0) is 20.8. The van der Waals surface area contributed by atoms with Crippen LogP contribution in [0.2, 0.25) is 0 Å². The van der Waals surface area contributed by atoms with Crippen LogP contribution in [0.4, 0.5) is 11.4 Å². The summed E-state index contributed by atoms with van der Waals surface area (Å²) >= 11 is 0. The number of hydrogen-bond donors (Lipinski definition) is 0. The molecule has 0 N–H and O–H groups in total. The molecule has 0 radical (unpaired) electrons. The lowest BCUT2D eigenvalue weighted by molar-refractivity contribution is -0.384. The summed E-state index contributed by atoms with van der Waals surface area (Å²) in [6, 6.07) is 21.2. The van der Waals surface area contributed by atoms with E-state index in [4.69, 9.17) is 4.74 Å². The number of carbonyl (C=O) groups excluding carboxylic acids is 1. The van der Waals surface area contributed by atoms with Gasteiger partial charge in [-0.3, -0.25) is 14.9 Å². The number of amides is 1. The summed E-state index contributed by atoms with van der Waals surface area (Å²) in [7, 11) is 0. The molecule has 29 heavy (non-hydrogen) atoms. The van der Waals surface area contributed by atoms with Crippen LogP contribution in [0.3, 0.4) is 0 Å². The third-order valence-corrected chi connectivity index (χ3v) is 4.68. The fraction of sp³-hybridized carbons (Fsp3) is 0.174. The van der Waals surface area contributed by atoms with E-state index in [1.54, 1.807) is 12.1 Å². The molecular weight excluding hydrogens is 368 g/mol. The molecule has 1 amide bonds. The second kappa shape index (κ2) is 9.01. The Morgan fingerprint density at radius 2 is 1.72 bits per heavy atom. The number of non-ortho nitro benzene ring substituents is 1. The Hall–Kier alpha value is -3.67. The predicted molar refractivity (Wildman–Crippen MR) is 112 cm³/mol. The molecule has 0 aliphatic carbocycles. The lowest BCUT2D eigenvalue weighted by Crippen LogP contribution is -2.34. The van der Waals surface area contributed by atoms with Crippen molar-refractivity contribution in [2.45, 2.75) is 20.4 Å². The molecule has 3 aromatic carbocycles. The molecule has 6 nitrogen and oxygen atoms in total. The van der Waals surface area contributed by atoms with Gasteiger partial charge in [0.05, 0.1) is 17.2 Å². The van der Waals surface area contributed by atoms with Crippen LogP contribution in [-0.2, 0) is 11.3 Å². The largest absolute Gasteiger partial charge is 0.484 e. The van der Waals surface area contributed by atoms with Crippen molar-refractivity contribution in [1.82, 2.24) is 0 Å². The maximum absolute atomic E-state index is 13.0. The third kappa shape index (κ3) is 5.19. The monoisotopic (exact) mass is 390 g/mol. The van der Waals surface area contributed by atoms with Crippen LogP contribution in [0.15, 0.2) is 72.8 Å². The first-order chi connectivity index (χ1) is 13.9. The minimum absolute atomic E-state index is 0.0663. The Morgan fingerprint density at radius 1 is 0.966 bits per heavy atom. The van der Waals surface area contributed by atoms with E-state index < -0.39 is 4.92 Å². The van der Waals surface area contributed by atoms with Crippen LogP contribution in [-0.4, -0.2) is 17.4 Å². The van der Waals surface area contributed by atoms with Crippen molar-refractivity contribution < 1.29 is 14.5 Å². The van der Waals surface area contributed by atoms with Crippen LogP contribution in [0.1, 0.15) is 16.7 Å². The molecule has 0 unspecified atom stereocenters. The highest BCUT2D eigenvalue weighted by Gasteiger charge is 2.19. The van der Waals surface area contributed by atoms with Gasteiger partial charge in [0, 0.05) is 12.1 Å². The van der Waals surface area contributed by atoms with Crippen molar-refractivity contribution in [1.29, 1.82) is 0 Å². The fourth-order valence-corrected chi connectivity index (χ4v) is 2.89. The van der Waals surface area contributed by atoms with Crippen molar-refractivity contribution in [3.63, 3.8) is 0 Å². The second-order valence-corrected chi connectivity index (χ2v) is 6.78. The lowest BCUT2D eigenvalue weighted by atomic mass is 10.1. The average Bonchev–Trinajstić information content (AvgIpc) is 2.73. The summed E-state index contributed by atoms with van der Waals surface area (Å²) < 4.78 is 5.70. The van der Waals surface area contributed by atoms with Crippen LogP contribution in [0.25, 0.3) is 0 Å². The van der Waals surface area contributed by atoms with Gasteiger partial charge in [0.1, 0.15) is 5.75 Å². The number of carbonyl (C=O) groups is 1. The molecule has 0 bridgehead atoms. The summed E-state index contributed by atoms with van der Waals surface area (Å²) in [6.07, 6.45) is 0. The van der Waals surface area contributed by atoms with Gasteiger partial charge in [-0.15, -0.1) is 0 Å². The smallest absolute Gasteiger partial charge is 0.271 e. The number of nitro groups is 1. The van der Waals surface area contributed by atoms with E-state index in [1.807, 2.05) is 62.4 Å². The third-order valence-electron chi connectivity index (χ3n) is 4.68. The van der Waals surface area contributed by atoms with Crippen molar-refractivity contribution in [3.05, 3.63) is 99.6 Å². The molecule has 148 valence electrons. The molecule has 6 heteroatoms. The van der Waals surface area contributed by atoms with E-state index in [0.29, 0.717) is 11.4 Å². The van der Waals surface area contributed by atoms with E-state index >= 15 is 0 Å². The van der Waals surface area contributed by atoms with Gasteiger partial charge in [-0.25, -0.2) is 0 Å². The normalized spacial score (nSPS) is 10.4. The maximum atomic E-state index is 13.0. The first kappa shape index (κ1) is 20.1. The Labute approximate surface area is 169 Å². The molecule has 0 fully saturated rings. The van der Waals surface area contributed by atoms with Crippen molar-refractivity contribution in [2.24, 2.45) is 0 Å². The maximum Gasteiger partial charge on any atom is 0.271 e. The minimum atomic E-state index is -0.472. The van der Waals surface area contributed by atoms with Crippen LogP contribution in [0, 0.1) is 24.0 Å². The van der Waals surface area contributed by atoms with Crippen LogP contribution in [0.5, 0.6) is 5.75 Å². The molecule has 3 aromatic rings. The summed E-state index contributed by atoms with van der Waals surface area (Å²) in [5, 5.41) is 11.2. The molecule has 0 aromatic heterocycles. The SMILES string of the molecule is Cc1ccc(OCC(=O)N(Cc2ccccc2)c2cccc([N+](=O)[O-])c2)cc1C. The first-order valence-electron chi connectivity index (χ1n) is 9.23. The molecule has 0 saturated heterocycles. The number of hydrogen-bond acceptors (Lipinski definition) is 4. The molecule has 3 rings (SSSR count). The number of nitro benzene ring substituents is 1. The van der Waals surface area contributed by atoms with Gasteiger partial charge in [-0.2, -0.15) is 0 Å². The molecule has 0 saturated carbocycles. The zero-order valence-electron chi connectivity index (χ0n) is 16.4. The Balaban J connectivity index is 1.83. The Bertz CT molecular complexity index is 1020. The fourth-order valence-electron chi connectivity index (χ4n) is 2.89. The lowest BCUT2D eigenvalue weighted by Gasteiger charge is -2.23. The highest BCUT2D eigenvalue weighted by molar-refractivity contribution is 5.94. The van der Waals surface area contributed by atoms with Crippen molar-refractivity contribution in [2.75, 3.05) is 11.5 Å². The quantitative estimate of drug-likeness (QED) is 0.428. The summed E-state index contributed by atoms with van der Waals surface area (Å²) in [6.45, 7) is 4.11. The molecule has 0 atom stereocenters. The Morgan fingerprint density at radius 3 is 2.41 bits per heavy atom. The van der Waals surface area contributed by atoms with E-state index in [0.717, 1.165) is 16.7 Å². The second-order valence-electron chi connectivity index (χ2n) is 6.78. The number of benzene rings is 3. The topological polar surface area (TPSA) is 72.7 Å². The van der Waals surface area contributed by atoms with Gasteiger partial charge < -0.3 is 9.64 Å². The number of aryl methyl sites for hydroxylation is 2. The van der Waals surface area contributed by atoms with E-state index in [9.17, 15) is 14.9 Å². The first-order valence-corrected chi connectivity index (χ1v) is 9.23. The highest BCUT2D eigenvalue weighted by atomic mass is 16.6. The molecule has 0 aliphatic heterocycles. The zero-order valence-corrected chi connectivity index (χ0v) is 16.4. The van der Waals surface area contributed by atoms with E-state index in [1.165, 1.54) is 17.0 Å². The number of rotatable bonds is 7. The van der Waals surface area contributed by atoms with Crippen LogP contribution < -0.4 is 9.64 Å². The van der Waals surface area contributed by atoms with Crippen molar-refractivity contribution in [3.8, 4) is 5.75 Å². The summed E-state index contributed by atoms with van der Waals surface area (Å²) in [4.78, 5) is 25.2. The number of nitrogens with zero attached hydrogens (tertiary/aromatic N) is 2.